The monoisotopic (exact) mass is 339 g/mol. The summed E-state index contributed by atoms with van der Waals surface area (Å²) < 4.78 is 0. The normalized spacial score (nSPS) is 10.9. The fourth-order valence-corrected chi connectivity index (χ4v) is 3.09. The van der Waals surface area contributed by atoms with Gasteiger partial charge in [-0.1, -0.05) is 18.2 Å². The number of hydrogen-bond donors (Lipinski definition) is 2. The third kappa shape index (κ3) is 3.79. The van der Waals surface area contributed by atoms with Crippen LogP contribution in [0.25, 0.3) is 11.0 Å². The number of thioether (sulfide) groups is 1. The predicted molar refractivity (Wildman–Crippen MR) is 99.7 cm³/mol. The van der Waals surface area contributed by atoms with Crippen molar-refractivity contribution in [2.75, 3.05) is 12.8 Å². The van der Waals surface area contributed by atoms with Crippen molar-refractivity contribution >= 4 is 28.7 Å². The first-order chi connectivity index (χ1) is 11.7. The smallest absolute Gasteiger partial charge is 0.251 e. The topological polar surface area (TPSA) is 57.8 Å². The van der Waals surface area contributed by atoms with Crippen LogP contribution in [0.5, 0.6) is 0 Å². The summed E-state index contributed by atoms with van der Waals surface area (Å²) in [5.41, 5.74) is 3.80. The lowest BCUT2D eigenvalue weighted by Crippen LogP contribution is -2.25. The van der Waals surface area contributed by atoms with E-state index in [0.29, 0.717) is 6.54 Å². The molecule has 0 unspecified atom stereocenters. The Morgan fingerprint density at radius 2 is 2.08 bits per heavy atom. The second-order valence-corrected chi connectivity index (χ2v) is 6.62. The zero-order chi connectivity index (χ0) is 16.9. The average molecular weight is 339 g/mol. The van der Waals surface area contributed by atoms with Gasteiger partial charge in [0.2, 0.25) is 0 Å². The molecule has 0 aliphatic rings. The quantitative estimate of drug-likeness (QED) is 0.528. The summed E-state index contributed by atoms with van der Waals surface area (Å²) in [5, 5.41) is 3.01. The van der Waals surface area contributed by atoms with Crippen molar-refractivity contribution in [2.45, 2.75) is 24.7 Å². The first kappa shape index (κ1) is 16.6. The second kappa shape index (κ2) is 7.53. The van der Waals surface area contributed by atoms with E-state index in [-0.39, 0.29) is 5.91 Å². The van der Waals surface area contributed by atoms with Crippen LogP contribution in [-0.4, -0.2) is 28.7 Å². The number of hydrogen-bond acceptors (Lipinski definition) is 3. The van der Waals surface area contributed by atoms with Gasteiger partial charge in [-0.05, 0) is 49.4 Å². The number of carbonyl (C=O) groups is 1. The SMILES string of the molecule is CSc1ccc(C)c(C(=O)NCCCc2nc3ccccc3[nH]2)c1. The number of nitrogens with one attached hydrogen (secondary N) is 2. The first-order valence-electron chi connectivity index (χ1n) is 8.04. The van der Waals surface area contributed by atoms with Crippen LogP contribution in [0.1, 0.15) is 28.2 Å². The van der Waals surface area contributed by atoms with Gasteiger partial charge in [0.1, 0.15) is 5.82 Å². The Balaban J connectivity index is 1.53. The van der Waals surface area contributed by atoms with Gasteiger partial charge < -0.3 is 10.3 Å². The van der Waals surface area contributed by atoms with E-state index in [0.717, 1.165) is 45.7 Å². The number of aromatic amines is 1. The van der Waals surface area contributed by atoms with Gasteiger partial charge in [-0.25, -0.2) is 4.98 Å². The highest BCUT2D eigenvalue weighted by Crippen LogP contribution is 2.19. The van der Waals surface area contributed by atoms with Gasteiger partial charge >= 0.3 is 0 Å². The first-order valence-corrected chi connectivity index (χ1v) is 9.26. The molecule has 1 heterocycles. The molecular formula is C19H21N3OS. The van der Waals surface area contributed by atoms with Crippen LogP contribution >= 0.6 is 11.8 Å². The number of aromatic nitrogens is 2. The highest BCUT2D eigenvalue weighted by atomic mass is 32.2. The van der Waals surface area contributed by atoms with E-state index in [1.807, 2.05) is 55.6 Å². The van der Waals surface area contributed by atoms with Crippen molar-refractivity contribution in [3.8, 4) is 0 Å². The van der Waals surface area contributed by atoms with E-state index in [1.54, 1.807) is 11.8 Å². The van der Waals surface area contributed by atoms with E-state index in [2.05, 4.69) is 15.3 Å². The van der Waals surface area contributed by atoms with E-state index >= 15 is 0 Å². The maximum atomic E-state index is 12.3. The lowest BCUT2D eigenvalue weighted by molar-refractivity contribution is 0.0952. The molecule has 0 aliphatic carbocycles. The van der Waals surface area contributed by atoms with E-state index < -0.39 is 0 Å². The number of imidazole rings is 1. The third-order valence-electron chi connectivity index (χ3n) is 4.00. The van der Waals surface area contributed by atoms with Crippen LogP contribution in [0, 0.1) is 6.92 Å². The molecule has 3 aromatic rings. The highest BCUT2D eigenvalue weighted by molar-refractivity contribution is 7.98. The Hall–Kier alpha value is -2.27. The van der Waals surface area contributed by atoms with Crippen LogP contribution in [0.15, 0.2) is 47.4 Å². The van der Waals surface area contributed by atoms with Gasteiger partial charge in [-0.2, -0.15) is 0 Å². The van der Waals surface area contributed by atoms with Gasteiger partial charge in [0, 0.05) is 23.4 Å². The zero-order valence-corrected chi connectivity index (χ0v) is 14.7. The number of para-hydroxylation sites is 2. The fraction of sp³-hybridized carbons (Fsp3) is 0.263. The van der Waals surface area contributed by atoms with Crippen LogP contribution < -0.4 is 5.32 Å². The minimum absolute atomic E-state index is 0.00648. The fourth-order valence-electron chi connectivity index (χ4n) is 2.65. The molecule has 0 saturated heterocycles. The van der Waals surface area contributed by atoms with Crippen molar-refractivity contribution in [1.29, 1.82) is 0 Å². The molecule has 0 bridgehead atoms. The Labute approximate surface area is 146 Å². The third-order valence-corrected chi connectivity index (χ3v) is 4.73. The summed E-state index contributed by atoms with van der Waals surface area (Å²) in [4.78, 5) is 21.3. The number of carbonyl (C=O) groups excluding carboxylic acids is 1. The van der Waals surface area contributed by atoms with E-state index in [4.69, 9.17) is 0 Å². The van der Waals surface area contributed by atoms with Crippen molar-refractivity contribution in [2.24, 2.45) is 0 Å². The molecule has 5 heteroatoms. The molecular weight excluding hydrogens is 318 g/mol. The number of H-pyrrole nitrogens is 1. The molecule has 24 heavy (non-hydrogen) atoms. The summed E-state index contributed by atoms with van der Waals surface area (Å²) in [6.45, 7) is 2.60. The molecule has 0 saturated carbocycles. The van der Waals surface area contributed by atoms with Crippen LogP contribution in [-0.2, 0) is 6.42 Å². The maximum Gasteiger partial charge on any atom is 0.251 e. The number of rotatable bonds is 6. The molecule has 4 nitrogen and oxygen atoms in total. The molecule has 2 aromatic carbocycles. The van der Waals surface area contributed by atoms with Crippen LogP contribution in [0.3, 0.4) is 0 Å². The number of benzene rings is 2. The number of amides is 1. The summed E-state index contributed by atoms with van der Waals surface area (Å²) in [7, 11) is 0. The van der Waals surface area contributed by atoms with E-state index in [1.165, 1.54) is 0 Å². The predicted octanol–water partition coefficient (Wildman–Crippen LogP) is 3.96. The number of nitrogens with zero attached hydrogens (tertiary/aromatic N) is 1. The maximum absolute atomic E-state index is 12.3. The van der Waals surface area contributed by atoms with Gasteiger partial charge in [0.15, 0.2) is 0 Å². The van der Waals surface area contributed by atoms with Crippen LogP contribution in [0.2, 0.25) is 0 Å². The molecule has 0 radical (unpaired) electrons. The zero-order valence-electron chi connectivity index (χ0n) is 13.9. The Kier molecular flexibility index (Phi) is 5.20. The van der Waals surface area contributed by atoms with Crippen molar-refractivity contribution < 1.29 is 4.79 Å². The Bertz CT molecular complexity index is 824. The number of aryl methyl sites for hydroxylation is 2. The minimum Gasteiger partial charge on any atom is -0.352 e. The van der Waals surface area contributed by atoms with Crippen molar-refractivity contribution in [3.05, 3.63) is 59.4 Å². The van der Waals surface area contributed by atoms with Gasteiger partial charge in [0.25, 0.3) is 5.91 Å². The molecule has 1 amide bonds. The summed E-state index contributed by atoms with van der Waals surface area (Å²) >= 11 is 1.64. The van der Waals surface area contributed by atoms with Gasteiger partial charge in [-0.15, -0.1) is 11.8 Å². The van der Waals surface area contributed by atoms with E-state index in [9.17, 15) is 4.79 Å². The lowest BCUT2D eigenvalue weighted by Gasteiger charge is -2.08. The second-order valence-electron chi connectivity index (χ2n) is 5.74. The van der Waals surface area contributed by atoms with Crippen molar-refractivity contribution in [1.82, 2.24) is 15.3 Å². The lowest BCUT2D eigenvalue weighted by atomic mass is 10.1. The number of fused-ring (bicyclic) bond motifs is 1. The Morgan fingerprint density at radius 3 is 2.88 bits per heavy atom. The summed E-state index contributed by atoms with van der Waals surface area (Å²) in [6, 6.07) is 14.0. The van der Waals surface area contributed by atoms with Crippen molar-refractivity contribution in [3.63, 3.8) is 0 Å². The molecule has 3 rings (SSSR count). The summed E-state index contributed by atoms with van der Waals surface area (Å²) in [5.74, 6) is 0.957. The molecule has 0 aliphatic heterocycles. The van der Waals surface area contributed by atoms with Crippen LogP contribution in [0.4, 0.5) is 0 Å². The largest absolute Gasteiger partial charge is 0.352 e. The van der Waals surface area contributed by atoms with Gasteiger partial charge in [-0.3, -0.25) is 4.79 Å². The minimum atomic E-state index is -0.00648. The standard InChI is InChI=1S/C19H21N3OS/c1-13-9-10-14(24-2)12-15(13)19(23)20-11-5-8-18-21-16-6-3-4-7-17(16)22-18/h3-4,6-7,9-10,12H,5,8,11H2,1-2H3,(H,20,23)(H,21,22). The summed E-state index contributed by atoms with van der Waals surface area (Å²) in [6.07, 6.45) is 3.69. The Morgan fingerprint density at radius 1 is 1.25 bits per heavy atom. The van der Waals surface area contributed by atoms with Gasteiger partial charge in [0.05, 0.1) is 11.0 Å². The molecule has 0 fully saturated rings. The average Bonchev–Trinajstić information content (AvgIpc) is 3.01. The molecule has 0 spiro atoms. The molecule has 2 N–H and O–H groups in total. The highest BCUT2D eigenvalue weighted by Gasteiger charge is 2.09. The molecule has 0 atom stereocenters. The molecule has 124 valence electrons. The molecule has 1 aromatic heterocycles.